The van der Waals surface area contributed by atoms with Crippen molar-refractivity contribution in [3.63, 3.8) is 0 Å². The Balaban J connectivity index is 1.94. The molecule has 0 aromatic heterocycles. The van der Waals surface area contributed by atoms with Crippen LogP contribution in [0.3, 0.4) is 0 Å². The van der Waals surface area contributed by atoms with E-state index in [1.54, 1.807) is 0 Å². The van der Waals surface area contributed by atoms with Crippen molar-refractivity contribution >= 4 is 11.9 Å². The predicted molar refractivity (Wildman–Crippen MR) is 90.0 cm³/mol. The number of hydrogen-bond acceptors (Lipinski definition) is 4. The Bertz CT molecular complexity index is 346. The van der Waals surface area contributed by atoms with Crippen molar-refractivity contribution in [3.8, 4) is 0 Å². The van der Waals surface area contributed by atoms with Crippen LogP contribution < -0.4 is 5.32 Å². The molecule has 2 atom stereocenters. The smallest absolute Gasteiger partial charge is 0.328 e. The van der Waals surface area contributed by atoms with E-state index in [0.717, 1.165) is 12.8 Å². The number of esters is 1. The Morgan fingerprint density at radius 1 is 1.17 bits per heavy atom. The summed E-state index contributed by atoms with van der Waals surface area (Å²) in [5, 5.41) is 12.5. The maximum atomic E-state index is 11.7. The fraction of sp³-hybridized carbons (Fsp3) is 0.889. The van der Waals surface area contributed by atoms with Gasteiger partial charge in [0.2, 0.25) is 5.91 Å². The molecule has 23 heavy (non-hydrogen) atoms. The zero-order valence-electron chi connectivity index (χ0n) is 14.5. The summed E-state index contributed by atoms with van der Waals surface area (Å²) in [5.41, 5.74) is 0. The number of hydrogen-bond donors (Lipinski definition) is 2. The Morgan fingerprint density at radius 2 is 1.78 bits per heavy atom. The zero-order valence-corrected chi connectivity index (χ0v) is 14.5. The number of aliphatic hydroxyl groups excluding tert-OH is 1. The van der Waals surface area contributed by atoms with E-state index in [-0.39, 0.29) is 18.3 Å². The maximum absolute atomic E-state index is 11.7. The summed E-state index contributed by atoms with van der Waals surface area (Å²) < 4.78 is 4.79. The highest BCUT2D eigenvalue weighted by Crippen LogP contribution is 2.13. The average molecular weight is 327 g/mol. The second kappa shape index (κ2) is 12.3. The Hall–Kier alpha value is -1.10. The highest BCUT2D eigenvalue weighted by atomic mass is 16.5. The summed E-state index contributed by atoms with van der Waals surface area (Å²) in [6.07, 6.45) is 11.8. The van der Waals surface area contributed by atoms with Crippen molar-refractivity contribution < 1.29 is 19.4 Å². The summed E-state index contributed by atoms with van der Waals surface area (Å²) in [6, 6.07) is -0.526. The standard InChI is InChI=1S/C18H33NO4/c1-2-3-4-5-6-7-8-9-10-11-15(20)14-17(21)19-16-12-13-23-18(16)22/h15-16,20H,2-14H2,1H3,(H,19,21). The third-order valence-electron chi connectivity index (χ3n) is 4.33. The molecule has 1 heterocycles. The largest absolute Gasteiger partial charge is 0.464 e. The van der Waals surface area contributed by atoms with E-state index in [1.807, 2.05) is 0 Å². The van der Waals surface area contributed by atoms with Gasteiger partial charge in [0.05, 0.1) is 19.1 Å². The summed E-state index contributed by atoms with van der Waals surface area (Å²) >= 11 is 0. The average Bonchev–Trinajstić information content (AvgIpc) is 2.90. The molecule has 1 rings (SSSR count). The Labute approximate surface area is 140 Å². The van der Waals surface area contributed by atoms with E-state index >= 15 is 0 Å². The van der Waals surface area contributed by atoms with Gasteiger partial charge in [-0.3, -0.25) is 4.79 Å². The molecule has 0 saturated carbocycles. The second-order valence-corrected chi connectivity index (χ2v) is 6.55. The molecule has 0 aliphatic carbocycles. The minimum Gasteiger partial charge on any atom is -0.464 e. The van der Waals surface area contributed by atoms with E-state index in [2.05, 4.69) is 12.2 Å². The number of ether oxygens (including phenoxy) is 1. The first-order valence-corrected chi connectivity index (χ1v) is 9.27. The van der Waals surface area contributed by atoms with Crippen LogP contribution >= 0.6 is 0 Å². The van der Waals surface area contributed by atoms with E-state index in [0.29, 0.717) is 19.4 Å². The molecule has 1 fully saturated rings. The molecular formula is C18H33NO4. The SMILES string of the molecule is CCCCCCCCCCCC(O)CC(=O)NC1CCOC1=O. The molecule has 5 nitrogen and oxygen atoms in total. The van der Waals surface area contributed by atoms with Crippen molar-refractivity contribution in [2.45, 2.75) is 96.1 Å². The van der Waals surface area contributed by atoms with Gasteiger partial charge >= 0.3 is 5.97 Å². The molecule has 1 saturated heterocycles. The molecule has 2 unspecified atom stereocenters. The molecule has 2 N–H and O–H groups in total. The number of cyclic esters (lactones) is 1. The number of amides is 1. The minimum absolute atomic E-state index is 0.0702. The highest BCUT2D eigenvalue weighted by Gasteiger charge is 2.28. The van der Waals surface area contributed by atoms with Gasteiger partial charge in [-0.2, -0.15) is 0 Å². The van der Waals surface area contributed by atoms with Crippen LogP contribution in [0.2, 0.25) is 0 Å². The molecule has 1 amide bonds. The number of unbranched alkanes of at least 4 members (excludes halogenated alkanes) is 8. The lowest BCUT2D eigenvalue weighted by Gasteiger charge is -2.12. The number of carbonyl (C=O) groups excluding carboxylic acids is 2. The third kappa shape index (κ3) is 9.59. The Morgan fingerprint density at radius 3 is 2.35 bits per heavy atom. The fourth-order valence-corrected chi connectivity index (χ4v) is 2.89. The summed E-state index contributed by atoms with van der Waals surface area (Å²) in [7, 11) is 0. The van der Waals surface area contributed by atoms with Gasteiger partial charge in [-0.15, -0.1) is 0 Å². The van der Waals surface area contributed by atoms with Gasteiger partial charge in [0, 0.05) is 6.42 Å². The molecule has 1 aliphatic rings. The monoisotopic (exact) mass is 327 g/mol. The molecule has 5 heteroatoms. The van der Waals surface area contributed by atoms with Gasteiger partial charge in [0.25, 0.3) is 0 Å². The van der Waals surface area contributed by atoms with Crippen molar-refractivity contribution in [2.75, 3.05) is 6.61 Å². The molecule has 0 spiro atoms. The van der Waals surface area contributed by atoms with Crippen LogP contribution in [0.25, 0.3) is 0 Å². The van der Waals surface area contributed by atoms with Gasteiger partial charge in [-0.1, -0.05) is 64.7 Å². The van der Waals surface area contributed by atoms with E-state index in [4.69, 9.17) is 4.74 Å². The van der Waals surface area contributed by atoms with E-state index in [1.165, 1.54) is 44.9 Å². The van der Waals surface area contributed by atoms with Crippen LogP contribution in [0.15, 0.2) is 0 Å². The minimum atomic E-state index is -0.614. The van der Waals surface area contributed by atoms with Crippen molar-refractivity contribution in [2.24, 2.45) is 0 Å². The van der Waals surface area contributed by atoms with Crippen molar-refractivity contribution in [3.05, 3.63) is 0 Å². The van der Waals surface area contributed by atoms with Crippen LogP contribution in [0.4, 0.5) is 0 Å². The number of rotatable bonds is 13. The molecule has 134 valence electrons. The van der Waals surface area contributed by atoms with Crippen LogP contribution in [0, 0.1) is 0 Å². The molecular weight excluding hydrogens is 294 g/mol. The third-order valence-corrected chi connectivity index (χ3v) is 4.33. The lowest BCUT2D eigenvalue weighted by Crippen LogP contribution is -2.39. The molecule has 0 aromatic rings. The van der Waals surface area contributed by atoms with Gasteiger partial charge in [-0.05, 0) is 6.42 Å². The first-order chi connectivity index (χ1) is 11.1. The highest BCUT2D eigenvalue weighted by molar-refractivity contribution is 5.85. The molecule has 0 aromatic carbocycles. The van der Waals surface area contributed by atoms with Crippen LogP contribution in [-0.2, 0) is 14.3 Å². The quantitative estimate of drug-likeness (QED) is 0.403. The molecule has 1 aliphatic heterocycles. The summed E-state index contributed by atoms with van der Waals surface area (Å²) in [4.78, 5) is 23.0. The Kier molecular flexibility index (Phi) is 10.7. The van der Waals surface area contributed by atoms with Gasteiger partial charge in [0.1, 0.15) is 6.04 Å². The number of aliphatic hydroxyl groups is 1. The first kappa shape index (κ1) is 19.9. The van der Waals surface area contributed by atoms with E-state index in [9.17, 15) is 14.7 Å². The topological polar surface area (TPSA) is 75.6 Å². The normalized spacial score (nSPS) is 18.7. The second-order valence-electron chi connectivity index (χ2n) is 6.55. The van der Waals surface area contributed by atoms with Gasteiger partial charge < -0.3 is 15.2 Å². The van der Waals surface area contributed by atoms with Crippen molar-refractivity contribution in [1.82, 2.24) is 5.32 Å². The van der Waals surface area contributed by atoms with Crippen LogP contribution in [0.5, 0.6) is 0 Å². The summed E-state index contributed by atoms with van der Waals surface area (Å²) in [6.45, 7) is 2.59. The summed E-state index contributed by atoms with van der Waals surface area (Å²) in [5.74, 6) is -0.635. The number of nitrogens with one attached hydrogen (secondary N) is 1. The lowest BCUT2D eigenvalue weighted by atomic mass is 10.0. The zero-order chi connectivity index (χ0) is 16.9. The lowest BCUT2D eigenvalue weighted by molar-refractivity contribution is -0.141. The van der Waals surface area contributed by atoms with Gasteiger partial charge in [0.15, 0.2) is 0 Å². The van der Waals surface area contributed by atoms with Crippen LogP contribution in [0.1, 0.15) is 84.0 Å². The molecule has 0 bridgehead atoms. The van der Waals surface area contributed by atoms with Gasteiger partial charge in [-0.25, -0.2) is 4.79 Å². The fourth-order valence-electron chi connectivity index (χ4n) is 2.89. The first-order valence-electron chi connectivity index (χ1n) is 9.27. The number of carbonyl (C=O) groups is 2. The molecule has 0 radical (unpaired) electrons. The predicted octanol–water partition coefficient (Wildman–Crippen LogP) is 3.09. The van der Waals surface area contributed by atoms with Crippen molar-refractivity contribution in [1.29, 1.82) is 0 Å². The van der Waals surface area contributed by atoms with Crippen LogP contribution in [-0.4, -0.2) is 35.7 Å². The maximum Gasteiger partial charge on any atom is 0.328 e. The van der Waals surface area contributed by atoms with E-state index < -0.39 is 12.1 Å².